The summed E-state index contributed by atoms with van der Waals surface area (Å²) >= 11 is 0. The minimum absolute atomic E-state index is 0.754. The van der Waals surface area contributed by atoms with Crippen molar-refractivity contribution in [2.45, 2.75) is 90.1 Å². The lowest BCUT2D eigenvalue weighted by molar-refractivity contribution is 0.136. The van der Waals surface area contributed by atoms with Gasteiger partial charge in [-0.25, -0.2) is 0 Å². The quantitative estimate of drug-likeness (QED) is 0.597. The van der Waals surface area contributed by atoms with E-state index in [0.29, 0.717) is 0 Å². The van der Waals surface area contributed by atoms with Crippen LogP contribution < -0.4 is 5.32 Å². The second-order valence-electron chi connectivity index (χ2n) is 6.37. The van der Waals surface area contributed by atoms with Gasteiger partial charge in [0.25, 0.3) is 0 Å². The Balaban J connectivity index is 1.95. The molecule has 0 radical (unpaired) electrons. The molecular weight excluding hydrogens is 232 g/mol. The summed E-state index contributed by atoms with van der Waals surface area (Å²) in [5.74, 6) is 0. The van der Waals surface area contributed by atoms with Crippen molar-refractivity contribution in [3.05, 3.63) is 0 Å². The van der Waals surface area contributed by atoms with Gasteiger partial charge in [-0.2, -0.15) is 0 Å². The first-order chi connectivity index (χ1) is 9.27. The zero-order chi connectivity index (χ0) is 13.9. The minimum atomic E-state index is 0.754. The van der Waals surface area contributed by atoms with E-state index in [1.165, 1.54) is 77.3 Å². The molecular formula is C17H36N2. The summed E-state index contributed by atoms with van der Waals surface area (Å²) in [7, 11) is 2.10. The number of likely N-dealkylation sites (tertiary alicyclic amines) is 1. The first-order valence-corrected chi connectivity index (χ1v) is 8.69. The van der Waals surface area contributed by atoms with Crippen LogP contribution in [0.1, 0.15) is 78.1 Å². The average molecular weight is 268 g/mol. The first-order valence-electron chi connectivity index (χ1n) is 8.69. The van der Waals surface area contributed by atoms with E-state index in [1.54, 1.807) is 0 Å². The lowest BCUT2D eigenvalue weighted by Gasteiger charge is -2.37. The van der Waals surface area contributed by atoms with Crippen LogP contribution in [0.5, 0.6) is 0 Å². The number of unbranched alkanes of at least 4 members (excludes halogenated alkanes) is 7. The Kier molecular flexibility index (Phi) is 9.54. The maximum absolute atomic E-state index is 3.43. The number of piperidine rings is 1. The summed E-state index contributed by atoms with van der Waals surface area (Å²) in [4.78, 5) is 2.70. The van der Waals surface area contributed by atoms with Gasteiger partial charge in [-0.1, -0.05) is 51.9 Å². The monoisotopic (exact) mass is 268 g/mol. The molecule has 0 spiro atoms. The third-order valence-electron chi connectivity index (χ3n) is 4.72. The molecule has 2 unspecified atom stereocenters. The van der Waals surface area contributed by atoms with Crippen LogP contribution in [0.25, 0.3) is 0 Å². The van der Waals surface area contributed by atoms with Gasteiger partial charge in [-0.05, 0) is 46.3 Å². The van der Waals surface area contributed by atoms with Crippen molar-refractivity contribution in [1.82, 2.24) is 10.2 Å². The van der Waals surface area contributed by atoms with Gasteiger partial charge in [0.2, 0.25) is 0 Å². The normalized spacial score (nSPS) is 24.8. The molecule has 2 heteroatoms. The zero-order valence-corrected chi connectivity index (χ0v) is 13.6. The van der Waals surface area contributed by atoms with Crippen LogP contribution in [0.4, 0.5) is 0 Å². The molecule has 1 rings (SSSR count). The Morgan fingerprint density at radius 2 is 1.63 bits per heavy atom. The first kappa shape index (κ1) is 17.0. The fraction of sp³-hybridized carbons (Fsp3) is 1.00. The lowest BCUT2D eigenvalue weighted by atomic mass is 9.98. The maximum atomic E-state index is 3.43. The van der Waals surface area contributed by atoms with Crippen LogP contribution in [0.3, 0.4) is 0 Å². The van der Waals surface area contributed by atoms with Crippen LogP contribution in [0, 0.1) is 0 Å². The summed E-state index contributed by atoms with van der Waals surface area (Å²) in [5.41, 5.74) is 0. The van der Waals surface area contributed by atoms with Crippen molar-refractivity contribution in [3.8, 4) is 0 Å². The lowest BCUT2D eigenvalue weighted by Crippen LogP contribution is -2.46. The Labute approximate surface area is 121 Å². The van der Waals surface area contributed by atoms with Crippen molar-refractivity contribution in [1.29, 1.82) is 0 Å². The van der Waals surface area contributed by atoms with Crippen molar-refractivity contribution < 1.29 is 0 Å². The fourth-order valence-electron chi connectivity index (χ4n) is 3.26. The number of nitrogens with zero attached hydrogens (tertiary/aromatic N) is 1. The Morgan fingerprint density at radius 1 is 1.00 bits per heavy atom. The largest absolute Gasteiger partial charge is 0.317 e. The van der Waals surface area contributed by atoms with Gasteiger partial charge >= 0.3 is 0 Å². The van der Waals surface area contributed by atoms with Gasteiger partial charge in [0.15, 0.2) is 0 Å². The number of rotatable bonds is 10. The number of hydrogen-bond acceptors (Lipinski definition) is 2. The third-order valence-corrected chi connectivity index (χ3v) is 4.72. The summed E-state index contributed by atoms with van der Waals surface area (Å²) in [5, 5.41) is 3.43. The van der Waals surface area contributed by atoms with E-state index in [-0.39, 0.29) is 0 Å². The zero-order valence-electron chi connectivity index (χ0n) is 13.6. The SMILES string of the molecule is CCCCCCCCCCN1CCC(NC)CC1C. The summed E-state index contributed by atoms with van der Waals surface area (Å²) in [6.07, 6.45) is 14.1. The molecule has 2 nitrogen and oxygen atoms in total. The molecule has 1 heterocycles. The van der Waals surface area contributed by atoms with E-state index in [1.807, 2.05) is 0 Å². The van der Waals surface area contributed by atoms with Gasteiger partial charge in [0.05, 0.1) is 0 Å². The molecule has 0 aromatic heterocycles. The molecule has 0 saturated carbocycles. The van der Waals surface area contributed by atoms with Gasteiger partial charge in [-0.3, -0.25) is 0 Å². The molecule has 0 aromatic rings. The van der Waals surface area contributed by atoms with E-state index in [9.17, 15) is 0 Å². The molecule has 0 aromatic carbocycles. The molecule has 1 fully saturated rings. The minimum Gasteiger partial charge on any atom is -0.317 e. The molecule has 1 N–H and O–H groups in total. The highest BCUT2D eigenvalue weighted by Crippen LogP contribution is 2.18. The van der Waals surface area contributed by atoms with Crippen molar-refractivity contribution in [2.24, 2.45) is 0 Å². The molecule has 1 saturated heterocycles. The molecule has 0 amide bonds. The maximum Gasteiger partial charge on any atom is 0.00910 e. The molecule has 114 valence electrons. The molecule has 1 aliphatic heterocycles. The second kappa shape index (κ2) is 10.7. The molecule has 2 atom stereocenters. The van der Waals surface area contributed by atoms with E-state index < -0.39 is 0 Å². The van der Waals surface area contributed by atoms with Gasteiger partial charge < -0.3 is 10.2 Å². The predicted octanol–water partition coefficient (Wildman–Crippen LogP) is 4.20. The highest BCUT2D eigenvalue weighted by molar-refractivity contribution is 4.81. The molecule has 19 heavy (non-hydrogen) atoms. The Morgan fingerprint density at radius 3 is 2.21 bits per heavy atom. The van der Waals surface area contributed by atoms with E-state index in [2.05, 4.69) is 31.1 Å². The van der Waals surface area contributed by atoms with Crippen molar-refractivity contribution >= 4 is 0 Å². The molecule has 1 aliphatic rings. The van der Waals surface area contributed by atoms with Crippen molar-refractivity contribution in [3.63, 3.8) is 0 Å². The standard InChI is InChI=1S/C17H36N2/c1-4-5-6-7-8-9-10-11-13-19-14-12-17(18-3)15-16(19)2/h16-18H,4-15H2,1-3H3. The van der Waals surface area contributed by atoms with Crippen LogP contribution in [0.2, 0.25) is 0 Å². The van der Waals surface area contributed by atoms with Gasteiger partial charge in [-0.15, -0.1) is 0 Å². The Hall–Kier alpha value is -0.0800. The van der Waals surface area contributed by atoms with Crippen molar-refractivity contribution in [2.75, 3.05) is 20.1 Å². The van der Waals surface area contributed by atoms with E-state index in [0.717, 1.165) is 12.1 Å². The summed E-state index contributed by atoms with van der Waals surface area (Å²) < 4.78 is 0. The topological polar surface area (TPSA) is 15.3 Å². The Bertz CT molecular complexity index is 205. The van der Waals surface area contributed by atoms with Gasteiger partial charge in [0, 0.05) is 12.1 Å². The smallest absolute Gasteiger partial charge is 0.00910 e. The van der Waals surface area contributed by atoms with Crippen LogP contribution >= 0.6 is 0 Å². The van der Waals surface area contributed by atoms with Crippen LogP contribution in [0.15, 0.2) is 0 Å². The average Bonchev–Trinajstić information content (AvgIpc) is 2.43. The van der Waals surface area contributed by atoms with Gasteiger partial charge in [0.1, 0.15) is 0 Å². The highest BCUT2D eigenvalue weighted by atomic mass is 15.2. The van der Waals surface area contributed by atoms with E-state index >= 15 is 0 Å². The predicted molar refractivity (Wildman–Crippen MR) is 85.7 cm³/mol. The van der Waals surface area contributed by atoms with Crippen LogP contribution in [-0.2, 0) is 0 Å². The summed E-state index contributed by atoms with van der Waals surface area (Å²) in [6.45, 7) is 7.31. The number of nitrogens with one attached hydrogen (secondary N) is 1. The fourth-order valence-corrected chi connectivity index (χ4v) is 3.26. The highest BCUT2D eigenvalue weighted by Gasteiger charge is 2.23. The second-order valence-corrected chi connectivity index (χ2v) is 6.37. The van der Waals surface area contributed by atoms with Crippen LogP contribution in [-0.4, -0.2) is 37.1 Å². The molecule has 0 aliphatic carbocycles. The number of hydrogen-bond donors (Lipinski definition) is 1. The van der Waals surface area contributed by atoms with E-state index in [4.69, 9.17) is 0 Å². The molecule has 0 bridgehead atoms. The third kappa shape index (κ3) is 7.31. The summed E-state index contributed by atoms with van der Waals surface area (Å²) in [6, 6.07) is 1.53.